The molecule has 16 heavy (non-hydrogen) atoms. The van der Waals surface area contributed by atoms with Gasteiger partial charge in [0.05, 0.1) is 14.2 Å². The fourth-order valence-corrected chi connectivity index (χ4v) is 1.60. The summed E-state index contributed by atoms with van der Waals surface area (Å²) in [4.78, 5) is 4.00. The number of methoxy groups -OCH3 is 2. The molecule has 4 heteroatoms. The van der Waals surface area contributed by atoms with Gasteiger partial charge in [0.1, 0.15) is 23.3 Å². The van der Waals surface area contributed by atoms with Gasteiger partial charge < -0.3 is 9.47 Å². The second-order valence-corrected chi connectivity index (χ2v) is 3.20. The van der Waals surface area contributed by atoms with Crippen molar-refractivity contribution >= 4 is 10.8 Å². The molecule has 2 rings (SSSR count). The van der Waals surface area contributed by atoms with Crippen LogP contribution in [0.2, 0.25) is 0 Å². The van der Waals surface area contributed by atoms with Crippen molar-refractivity contribution in [3.63, 3.8) is 0 Å². The highest BCUT2D eigenvalue weighted by Crippen LogP contribution is 2.31. The molecule has 80 valence electrons. The molecule has 0 N–H and O–H groups in total. The fraction of sp³-hybridized carbons (Fsp3) is 0.167. The molecule has 0 bridgehead atoms. The van der Waals surface area contributed by atoms with Crippen molar-refractivity contribution in [2.24, 2.45) is 0 Å². The topological polar surface area (TPSA) is 55.1 Å². The summed E-state index contributed by atoms with van der Waals surface area (Å²) in [5, 5.41) is 10.6. The van der Waals surface area contributed by atoms with Gasteiger partial charge in [-0.1, -0.05) is 0 Å². The zero-order valence-corrected chi connectivity index (χ0v) is 9.02. The van der Waals surface area contributed by atoms with Crippen LogP contribution in [-0.2, 0) is 0 Å². The molecule has 0 unspecified atom stereocenters. The Morgan fingerprint density at radius 3 is 2.62 bits per heavy atom. The number of rotatable bonds is 2. The van der Waals surface area contributed by atoms with Crippen molar-refractivity contribution in [2.45, 2.75) is 0 Å². The highest BCUT2D eigenvalue weighted by molar-refractivity contribution is 5.92. The third-order valence-corrected chi connectivity index (χ3v) is 2.38. The Kier molecular flexibility index (Phi) is 2.61. The largest absolute Gasteiger partial charge is 0.497 e. The Morgan fingerprint density at radius 2 is 2.00 bits per heavy atom. The predicted molar refractivity (Wildman–Crippen MR) is 59.6 cm³/mol. The minimum atomic E-state index is 0.370. The van der Waals surface area contributed by atoms with Gasteiger partial charge in [-0.3, -0.25) is 0 Å². The Hall–Kier alpha value is -2.28. The lowest BCUT2D eigenvalue weighted by atomic mass is 10.1. The molecular formula is C12H10N2O2. The molecule has 0 saturated heterocycles. The summed E-state index contributed by atoms with van der Waals surface area (Å²) in [6.07, 6.45) is 1.59. The van der Waals surface area contributed by atoms with E-state index in [1.165, 1.54) is 0 Å². The second kappa shape index (κ2) is 4.07. The molecule has 0 amide bonds. The summed E-state index contributed by atoms with van der Waals surface area (Å²) < 4.78 is 10.4. The van der Waals surface area contributed by atoms with Gasteiger partial charge in [0.25, 0.3) is 0 Å². The maximum Gasteiger partial charge on any atom is 0.148 e. The number of benzene rings is 1. The molecule has 0 atom stereocenters. The average molecular weight is 214 g/mol. The number of hydrogen-bond acceptors (Lipinski definition) is 4. The van der Waals surface area contributed by atoms with Gasteiger partial charge in [-0.15, -0.1) is 0 Å². The van der Waals surface area contributed by atoms with E-state index < -0.39 is 0 Å². The van der Waals surface area contributed by atoms with Crippen molar-refractivity contribution in [2.75, 3.05) is 14.2 Å². The van der Waals surface area contributed by atoms with Crippen molar-refractivity contribution in [1.82, 2.24) is 4.98 Å². The summed E-state index contributed by atoms with van der Waals surface area (Å²) in [6.45, 7) is 0. The van der Waals surface area contributed by atoms with Crippen molar-refractivity contribution in [3.8, 4) is 17.6 Å². The molecule has 0 radical (unpaired) electrons. The smallest absolute Gasteiger partial charge is 0.148 e. The van der Waals surface area contributed by atoms with E-state index in [0.717, 1.165) is 10.8 Å². The Morgan fingerprint density at radius 1 is 1.19 bits per heavy atom. The first-order chi connectivity index (χ1) is 7.80. The minimum absolute atomic E-state index is 0.370. The van der Waals surface area contributed by atoms with Crippen molar-refractivity contribution < 1.29 is 9.47 Å². The molecule has 1 heterocycles. The van der Waals surface area contributed by atoms with Crippen LogP contribution in [0.3, 0.4) is 0 Å². The van der Waals surface area contributed by atoms with Crippen LogP contribution in [0, 0.1) is 11.3 Å². The minimum Gasteiger partial charge on any atom is -0.497 e. The number of fused-ring (bicyclic) bond motifs is 1. The Labute approximate surface area is 93.0 Å². The maximum atomic E-state index is 8.97. The van der Waals surface area contributed by atoms with Crippen LogP contribution in [0.15, 0.2) is 24.4 Å². The fourth-order valence-electron chi connectivity index (χ4n) is 1.60. The van der Waals surface area contributed by atoms with E-state index in [0.29, 0.717) is 17.2 Å². The first-order valence-electron chi connectivity index (χ1n) is 4.71. The zero-order valence-electron chi connectivity index (χ0n) is 9.02. The van der Waals surface area contributed by atoms with Crippen LogP contribution in [-0.4, -0.2) is 19.2 Å². The highest BCUT2D eigenvalue weighted by Gasteiger charge is 2.08. The van der Waals surface area contributed by atoms with Crippen LogP contribution in [0.25, 0.3) is 10.8 Å². The third-order valence-electron chi connectivity index (χ3n) is 2.38. The molecule has 0 fully saturated rings. The molecule has 0 spiro atoms. The lowest BCUT2D eigenvalue weighted by Crippen LogP contribution is -1.92. The zero-order chi connectivity index (χ0) is 11.5. The van der Waals surface area contributed by atoms with E-state index in [-0.39, 0.29) is 0 Å². The van der Waals surface area contributed by atoms with Crippen LogP contribution in [0.5, 0.6) is 11.5 Å². The highest BCUT2D eigenvalue weighted by atomic mass is 16.5. The molecule has 1 aromatic carbocycles. The summed E-state index contributed by atoms with van der Waals surface area (Å²) in [5.74, 6) is 1.32. The van der Waals surface area contributed by atoms with E-state index in [9.17, 15) is 0 Å². The monoisotopic (exact) mass is 214 g/mol. The number of ether oxygens (including phenoxy) is 2. The van der Waals surface area contributed by atoms with E-state index in [1.54, 1.807) is 32.5 Å². The first kappa shape index (κ1) is 10.2. The molecule has 1 aromatic heterocycles. The standard InChI is InChI=1S/C12H10N2O2/c1-15-8-5-10-9(12(6-8)16-2)3-4-14-11(10)7-13/h3-6H,1-2H3. The van der Waals surface area contributed by atoms with Crippen LogP contribution in [0.1, 0.15) is 5.69 Å². The summed E-state index contributed by atoms with van der Waals surface area (Å²) in [6, 6.07) is 7.43. The van der Waals surface area contributed by atoms with Gasteiger partial charge in [0.2, 0.25) is 0 Å². The molecule has 0 saturated carbocycles. The number of hydrogen-bond donors (Lipinski definition) is 0. The molecule has 0 aliphatic rings. The number of nitrogens with zero attached hydrogens (tertiary/aromatic N) is 2. The lowest BCUT2D eigenvalue weighted by molar-refractivity contribution is 0.398. The van der Waals surface area contributed by atoms with Crippen LogP contribution >= 0.6 is 0 Å². The van der Waals surface area contributed by atoms with Crippen LogP contribution < -0.4 is 9.47 Å². The quantitative estimate of drug-likeness (QED) is 0.768. The number of aromatic nitrogens is 1. The van der Waals surface area contributed by atoms with E-state index >= 15 is 0 Å². The molecule has 0 aliphatic heterocycles. The van der Waals surface area contributed by atoms with Gasteiger partial charge in [-0.05, 0) is 12.1 Å². The first-order valence-corrected chi connectivity index (χ1v) is 4.71. The molecular weight excluding hydrogens is 204 g/mol. The van der Waals surface area contributed by atoms with E-state index in [2.05, 4.69) is 11.1 Å². The molecule has 4 nitrogen and oxygen atoms in total. The van der Waals surface area contributed by atoms with Gasteiger partial charge >= 0.3 is 0 Å². The third kappa shape index (κ3) is 1.52. The normalized spacial score (nSPS) is 9.81. The number of nitriles is 1. The Balaban J connectivity index is 2.85. The van der Waals surface area contributed by atoms with Gasteiger partial charge in [-0.25, -0.2) is 4.98 Å². The predicted octanol–water partition coefficient (Wildman–Crippen LogP) is 2.12. The van der Waals surface area contributed by atoms with E-state index in [4.69, 9.17) is 14.7 Å². The summed E-state index contributed by atoms with van der Waals surface area (Å²) in [7, 11) is 3.16. The lowest BCUT2D eigenvalue weighted by Gasteiger charge is -2.08. The average Bonchev–Trinajstić information content (AvgIpc) is 2.36. The van der Waals surface area contributed by atoms with Crippen molar-refractivity contribution in [3.05, 3.63) is 30.1 Å². The summed E-state index contributed by atoms with van der Waals surface area (Å²) in [5.41, 5.74) is 0.370. The van der Waals surface area contributed by atoms with Crippen LogP contribution in [0.4, 0.5) is 0 Å². The molecule has 0 aliphatic carbocycles. The van der Waals surface area contributed by atoms with E-state index in [1.807, 2.05) is 6.07 Å². The Bertz CT molecular complexity index is 573. The number of pyridine rings is 1. The second-order valence-electron chi connectivity index (χ2n) is 3.20. The van der Waals surface area contributed by atoms with Gasteiger partial charge in [-0.2, -0.15) is 5.26 Å². The molecule has 2 aromatic rings. The SMILES string of the molecule is COc1cc(OC)c2ccnc(C#N)c2c1. The summed E-state index contributed by atoms with van der Waals surface area (Å²) >= 11 is 0. The van der Waals surface area contributed by atoms with Gasteiger partial charge in [0.15, 0.2) is 0 Å². The van der Waals surface area contributed by atoms with Gasteiger partial charge in [0, 0.05) is 23.0 Å². The maximum absolute atomic E-state index is 8.97. The van der Waals surface area contributed by atoms with Crippen molar-refractivity contribution in [1.29, 1.82) is 5.26 Å².